The Balaban J connectivity index is 2.33. The molecule has 22 heavy (non-hydrogen) atoms. The van der Waals surface area contributed by atoms with Crippen LogP contribution in [0, 0.1) is 29.1 Å². The fourth-order valence-electron chi connectivity index (χ4n) is 3.79. The van der Waals surface area contributed by atoms with Gasteiger partial charge in [0.25, 0.3) is 0 Å². The first-order valence-electron chi connectivity index (χ1n) is 8.03. The molecule has 5 nitrogen and oxygen atoms in total. The SMILES string of the molecule is C[C@@H]1C=C[C@H](C)[C@H]2CN(C(=O)[C@@H](N)C(C)(C)C)[C@H](C(=O)O)[C@H]21. The number of carbonyl (C=O) groups excluding carboxylic acids is 1. The van der Waals surface area contributed by atoms with Crippen LogP contribution in [0.5, 0.6) is 0 Å². The molecular weight excluding hydrogens is 280 g/mol. The maximum atomic E-state index is 12.8. The van der Waals surface area contributed by atoms with Crippen molar-refractivity contribution in [3.05, 3.63) is 12.2 Å². The molecule has 0 saturated carbocycles. The highest BCUT2D eigenvalue weighted by Gasteiger charge is 2.53. The van der Waals surface area contributed by atoms with Gasteiger partial charge in [-0.1, -0.05) is 46.8 Å². The first-order valence-corrected chi connectivity index (χ1v) is 8.03. The molecule has 1 saturated heterocycles. The number of nitrogens with zero attached hydrogens (tertiary/aromatic N) is 1. The fourth-order valence-corrected chi connectivity index (χ4v) is 3.79. The number of carbonyl (C=O) groups is 2. The summed E-state index contributed by atoms with van der Waals surface area (Å²) >= 11 is 0. The first-order chi connectivity index (χ1) is 10.1. The Morgan fingerprint density at radius 3 is 2.27 bits per heavy atom. The van der Waals surface area contributed by atoms with E-state index in [-0.39, 0.29) is 35.0 Å². The predicted octanol–water partition coefficient (Wildman–Crippen LogP) is 1.73. The average Bonchev–Trinajstić information content (AvgIpc) is 2.82. The first kappa shape index (κ1) is 17.0. The van der Waals surface area contributed by atoms with Gasteiger partial charge < -0.3 is 15.7 Å². The van der Waals surface area contributed by atoms with Gasteiger partial charge in [0.15, 0.2) is 0 Å². The number of nitrogens with two attached hydrogens (primary N) is 1. The number of likely N-dealkylation sites (tertiary alicyclic amines) is 1. The molecule has 1 aliphatic carbocycles. The van der Waals surface area contributed by atoms with Crippen LogP contribution in [0.15, 0.2) is 12.2 Å². The van der Waals surface area contributed by atoms with Gasteiger partial charge in [0.05, 0.1) is 6.04 Å². The summed E-state index contributed by atoms with van der Waals surface area (Å²) in [5, 5.41) is 9.70. The summed E-state index contributed by atoms with van der Waals surface area (Å²) in [6.07, 6.45) is 4.22. The lowest BCUT2D eigenvalue weighted by Gasteiger charge is -2.34. The molecule has 6 atom stereocenters. The van der Waals surface area contributed by atoms with Gasteiger partial charge in [-0.25, -0.2) is 4.79 Å². The van der Waals surface area contributed by atoms with Crippen molar-refractivity contribution in [3.63, 3.8) is 0 Å². The van der Waals surface area contributed by atoms with E-state index in [2.05, 4.69) is 19.1 Å². The van der Waals surface area contributed by atoms with E-state index in [9.17, 15) is 14.7 Å². The summed E-state index contributed by atoms with van der Waals surface area (Å²) in [5.74, 6) is -0.562. The summed E-state index contributed by atoms with van der Waals surface area (Å²) in [6.45, 7) is 10.3. The van der Waals surface area contributed by atoms with Crippen molar-refractivity contribution in [2.24, 2.45) is 34.8 Å². The molecule has 2 rings (SSSR count). The lowest BCUT2D eigenvalue weighted by Crippen LogP contribution is -2.54. The topological polar surface area (TPSA) is 83.6 Å². The number of aliphatic carboxylic acids is 1. The summed E-state index contributed by atoms with van der Waals surface area (Å²) in [5.41, 5.74) is 5.71. The molecule has 0 aromatic heterocycles. The minimum Gasteiger partial charge on any atom is -0.480 e. The molecule has 3 N–H and O–H groups in total. The van der Waals surface area contributed by atoms with Crippen molar-refractivity contribution in [2.45, 2.75) is 46.7 Å². The molecule has 124 valence electrons. The Labute approximate surface area is 132 Å². The quantitative estimate of drug-likeness (QED) is 0.761. The number of hydrogen-bond donors (Lipinski definition) is 2. The van der Waals surface area contributed by atoms with Crippen LogP contribution >= 0.6 is 0 Å². The van der Waals surface area contributed by atoms with Crippen LogP contribution in [0.1, 0.15) is 34.6 Å². The highest BCUT2D eigenvalue weighted by Crippen LogP contribution is 2.44. The molecule has 0 bridgehead atoms. The molecule has 1 heterocycles. The van der Waals surface area contributed by atoms with Crippen molar-refractivity contribution in [1.29, 1.82) is 0 Å². The van der Waals surface area contributed by atoms with Crippen LogP contribution in [0.4, 0.5) is 0 Å². The third-order valence-electron chi connectivity index (χ3n) is 5.34. The zero-order chi connectivity index (χ0) is 16.8. The van der Waals surface area contributed by atoms with E-state index < -0.39 is 18.1 Å². The molecule has 1 amide bonds. The third kappa shape index (κ3) is 2.78. The fraction of sp³-hybridized carbons (Fsp3) is 0.765. The van der Waals surface area contributed by atoms with Crippen LogP contribution in [0.3, 0.4) is 0 Å². The molecule has 0 unspecified atom stereocenters. The summed E-state index contributed by atoms with van der Waals surface area (Å²) in [7, 11) is 0. The smallest absolute Gasteiger partial charge is 0.326 e. The largest absolute Gasteiger partial charge is 0.480 e. The third-order valence-corrected chi connectivity index (χ3v) is 5.34. The molecule has 5 heteroatoms. The van der Waals surface area contributed by atoms with Crippen molar-refractivity contribution >= 4 is 11.9 Å². The van der Waals surface area contributed by atoms with Gasteiger partial charge in [-0.3, -0.25) is 4.79 Å². The Morgan fingerprint density at radius 2 is 1.77 bits per heavy atom. The monoisotopic (exact) mass is 308 g/mol. The minimum absolute atomic E-state index is 0.0337. The molecule has 1 fully saturated rings. The molecule has 0 radical (unpaired) electrons. The number of carboxylic acids is 1. The normalized spacial score (nSPS) is 36.1. The van der Waals surface area contributed by atoms with Gasteiger partial charge >= 0.3 is 5.97 Å². The van der Waals surface area contributed by atoms with E-state index in [1.54, 1.807) is 0 Å². The average molecular weight is 308 g/mol. The molecular formula is C17H28N2O3. The highest BCUT2D eigenvalue weighted by atomic mass is 16.4. The summed E-state index contributed by atoms with van der Waals surface area (Å²) in [6, 6.07) is -1.46. The van der Waals surface area contributed by atoms with Crippen molar-refractivity contribution < 1.29 is 14.7 Å². The molecule has 2 aliphatic rings. The maximum Gasteiger partial charge on any atom is 0.326 e. The lowest BCUT2D eigenvalue weighted by atomic mass is 9.71. The zero-order valence-corrected chi connectivity index (χ0v) is 14.1. The Kier molecular flexibility index (Phi) is 4.39. The predicted molar refractivity (Wildman–Crippen MR) is 85.0 cm³/mol. The number of fused-ring (bicyclic) bond motifs is 1. The van der Waals surface area contributed by atoms with E-state index in [0.717, 1.165) is 0 Å². The molecule has 0 spiro atoms. The highest BCUT2D eigenvalue weighted by molar-refractivity contribution is 5.88. The number of hydrogen-bond acceptors (Lipinski definition) is 3. The standard InChI is InChI=1S/C17H28N2O3/c1-9-6-7-10(2)12-11(9)8-19(13(12)16(21)22)15(20)14(18)17(3,4)5/h6-7,9-14H,8,18H2,1-5H3,(H,21,22)/t9-,10+,11+,12-,13-,14+/m0/s1. The maximum absolute atomic E-state index is 12.8. The Hall–Kier alpha value is -1.36. The second-order valence-corrected chi connectivity index (χ2v) is 7.96. The number of rotatable bonds is 2. The van der Waals surface area contributed by atoms with Gasteiger partial charge in [0, 0.05) is 12.5 Å². The number of allylic oxidation sites excluding steroid dienone is 2. The van der Waals surface area contributed by atoms with Crippen LogP contribution in [0.2, 0.25) is 0 Å². The van der Waals surface area contributed by atoms with Crippen LogP contribution in [0.25, 0.3) is 0 Å². The second kappa shape index (κ2) is 5.69. The lowest BCUT2D eigenvalue weighted by molar-refractivity contribution is -0.151. The van der Waals surface area contributed by atoms with Crippen LogP contribution in [-0.2, 0) is 9.59 Å². The van der Waals surface area contributed by atoms with Crippen molar-refractivity contribution in [1.82, 2.24) is 4.90 Å². The van der Waals surface area contributed by atoms with E-state index in [1.165, 1.54) is 4.90 Å². The van der Waals surface area contributed by atoms with E-state index >= 15 is 0 Å². The van der Waals surface area contributed by atoms with Crippen molar-refractivity contribution in [3.8, 4) is 0 Å². The second-order valence-electron chi connectivity index (χ2n) is 7.96. The van der Waals surface area contributed by atoms with Gasteiger partial charge in [0.1, 0.15) is 6.04 Å². The Bertz CT molecular complexity index is 495. The zero-order valence-electron chi connectivity index (χ0n) is 14.1. The molecule has 0 aromatic rings. The van der Waals surface area contributed by atoms with E-state index in [4.69, 9.17) is 5.73 Å². The van der Waals surface area contributed by atoms with E-state index in [0.29, 0.717) is 6.54 Å². The van der Waals surface area contributed by atoms with Gasteiger partial charge in [-0.2, -0.15) is 0 Å². The van der Waals surface area contributed by atoms with E-state index in [1.807, 2.05) is 27.7 Å². The van der Waals surface area contributed by atoms with Crippen LogP contribution < -0.4 is 5.73 Å². The minimum atomic E-state index is -0.920. The number of amides is 1. The Morgan fingerprint density at radius 1 is 1.23 bits per heavy atom. The van der Waals surface area contributed by atoms with Crippen LogP contribution in [-0.4, -0.2) is 40.5 Å². The van der Waals surface area contributed by atoms with Gasteiger partial charge in [-0.05, 0) is 23.2 Å². The molecule has 0 aromatic carbocycles. The summed E-state index contributed by atoms with van der Waals surface area (Å²) in [4.78, 5) is 26.1. The number of carboxylic acid groups (broad SMARTS) is 1. The molecule has 1 aliphatic heterocycles. The van der Waals surface area contributed by atoms with Gasteiger partial charge in [0.2, 0.25) is 5.91 Å². The van der Waals surface area contributed by atoms with Crippen molar-refractivity contribution in [2.75, 3.05) is 6.54 Å². The summed E-state index contributed by atoms with van der Waals surface area (Å²) < 4.78 is 0. The van der Waals surface area contributed by atoms with Gasteiger partial charge in [-0.15, -0.1) is 0 Å².